The minimum Gasteiger partial charge on any atom is -0.395 e. The molecular weight excluding hydrogens is 238 g/mol. The van der Waals surface area contributed by atoms with Gasteiger partial charge in [0, 0.05) is 20.2 Å². The highest BCUT2D eigenvalue weighted by atomic mass is 16.5. The number of rotatable bonds is 6. The minimum atomic E-state index is -0.387. The van der Waals surface area contributed by atoms with Crippen molar-refractivity contribution >= 4 is 11.5 Å². The van der Waals surface area contributed by atoms with Crippen molar-refractivity contribution in [3.63, 3.8) is 0 Å². The summed E-state index contributed by atoms with van der Waals surface area (Å²) in [6, 6.07) is 3.44. The molecule has 98 valence electrons. The summed E-state index contributed by atoms with van der Waals surface area (Å²) in [4.78, 5) is 13.3. The molecule has 0 fully saturated rings. The van der Waals surface area contributed by atoms with Gasteiger partial charge in [0.1, 0.15) is 5.82 Å². The molecule has 8 heteroatoms. The van der Waals surface area contributed by atoms with Crippen LogP contribution in [0.4, 0.5) is 5.82 Å². The summed E-state index contributed by atoms with van der Waals surface area (Å²) in [7, 11) is 1.61. The van der Waals surface area contributed by atoms with E-state index in [4.69, 9.17) is 9.84 Å². The lowest BCUT2D eigenvalue weighted by Crippen LogP contribution is -2.31. The molecule has 0 unspecified atom stereocenters. The Morgan fingerprint density at radius 1 is 1.50 bits per heavy atom. The maximum atomic E-state index is 11.4. The number of aliphatic hydroxyl groups is 1. The van der Waals surface area contributed by atoms with Crippen molar-refractivity contribution < 1.29 is 9.84 Å². The number of hydrogen-bond donors (Lipinski definition) is 2. The Bertz CT molecular complexity index is 564. The van der Waals surface area contributed by atoms with Crippen LogP contribution in [-0.4, -0.2) is 58.3 Å². The van der Waals surface area contributed by atoms with Gasteiger partial charge >= 0.3 is 5.69 Å². The standard InChI is InChI=1S/C10H15N5O3/c1-18-7-5-14(4-6-16)9-3-2-8-11-12-10(17)15(8)13-9/h2-3,16H,4-7H2,1H3,(H,12,17). The molecule has 8 nitrogen and oxygen atoms in total. The maximum Gasteiger partial charge on any atom is 0.364 e. The molecule has 0 aliphatic carbocycles. The SMILES string of the molecule is COCCN(CCO)c1ccc2n[nH]c(=O)n2n1. The first-order valence-corrected chi connectivity index (χ1v) is 5.55. The summed E-state index contributed by atoms with van der Waals surface area (Å²) in [5, 5.41) is 19.3. The van der Waals surface area contributed by atoms with Gasteiger partial charge in [-0.15, -0.1) is 5.10 Å². The molecule has 0 spiro atoms. The van der Waals surface area contributed by atoms with Crippen molar-refractivity contribution in [3.8, 4) is 0 Å². The molecule has 0 aliphatic rings. The molecule has 0 atom stereocenters. The summed E-state index contributed by atoms with van der Waals surface area (Å²) < 4.78 is 6.19. The number of nitrogens with one attached hydrogen (secondary N) is 1. The third-order valence-corrected chi connectivity index (χ3v) is 2.52. The second-order valence-electron chi connectivity index (χ2n) is 3.69. The Labute approximate surface area is 103 Å². The van der Waals surface area contributed by atoms with Crippen molar-refractivity contribution in [2.24, 2.45) is 0 Å². The van der Waals surface area contributed by atoms with Gasteiger partial charge < -0.3 is 14.7 Å². The van der Waals surface area contributed by atoms with E-state index >= 15 is 0 Å². The lowest BCUT2D eigenvalue weighted by atomic mass is 10.4. The van der Waals surface area contributed by atoms with Gasteiger partial charge in [0.2, 0.25) is 0 Å². The topological polar surface area (TPSA) is 95.8 Å². The summed E-state index contributed by atoms with van der Waals surface area (Å²) in [5.41, 5.74) is 0.0713. The lowest BCUT2D eigenvalue weighted by Gasteiger charge is -2.21. The van der Waals surface area contributed by atoms with Crippen LogP contribution in [0.15, 0.2) is 16.9 Å². The Morgan fingerprint density at radius 3 is 3.06 bits per heavy atom. The van der Waals surface area contributed by atoms with Crippen LogP contribution in [0.1, 0.15) is 0 Å². The summed E-state index contributed by atoms with van der Waals surface area (Å²) in [6.07, 6.45) is 0. The van der Waals surface area contributed by atoms with Crippen LogP contribution in [0.5, 0.6) is 0 Å². The van der Waals surface area contributed by atoms with E-state index in [1.807, 2.05) is 4.90 Å². The molecule has 2 aromatic heterocycles. The van der Waals surface area contributed by atoms with Crippen LogP contribution in [-0.2, 0) is 4.74 Å². The third-order valence-electron chi connectivity index (χ3n) is 2.52. The Balaban J connectivity index is 2.30. The summed E-state index contributed by atoms with van der Waals surface area (Å²) in [5.74, 6) is 0.595. The Kier molecular flexibility index (Phi) is 3.90. The molecule has 2 heterocycles. The number of ether oxygens (including phenoxy) is 1. The first-order valence-electron chi connectivity index (χ1n) is 5.55. The van der Waals surface area contributed by atoms with E-state index in [9.17, 15) is 4.79 Å². The molecule has 18 heavy (non-hydrogen) atoms. The van der Waals surface area contributed by atoms with Crippen LogP contribution < -0.4 is 10.6 Å². The number of aromatic amines is 1. The van der Waals surface area contributed by atoms with Crippen LogP contribution in [0.3, 0.4) is 0 Å². The van der Waals surface area contributed by atoms with Gasteiger partial charge in [0.15, 0.2) is 5.65 Å². The molecule has 2 N–H and O–H groups in total. The van der Waals surface area contributed by atoms with E-state index in [1.165, 1.54) is 4.52 Å². The normalized spacial score (nSPS) is 11.0. The largest absolute Gasteiger partial charge is 0.395 e. The second kappa shape index (κ2) is 5.61. The molecular formula is C10H15N5O3. The van der Waals surface area contributed by atoms with Crippen molar-refractivity contribution in [1.29, 1.82) is 0 Å². The first kappa shape index (κ1) is 12.5. The highest BCUT2D eigenvalue weighted by molar-refractivity contribution is 5.44. The van der Waals surface area contributed by atoms with E-state index < -0.39 is 0 Å². The quantitative estimate of drug-likeness (QED) is 0.676. The lowest BCUT2D eigenvalue weighted by molar-refractivity contribution is 0.202. The highest BCUT2D eigenvalue weighted by Crippen LogP contribution is 2.09. The molecule has 0 saturated carbocycles. The number of hydrogen-bond acceptors (Lipinski definition) is 6. The number of nitrogens with zero attached hydrogens (tertiary/aromatic N) is 4. The average Bonchev–Trinajstić information content (AvgIpc) is 2.76. The van der Waals surface area contributed by atoms with Crippen molar-refractivity contribution in [1.82, 2.24) is 19.8 Å². The van der Waals surface area contributed by atoms with Crippen LogP contribution in [0, 0.1) is 0 Å². The molecule has 0 saturated heterocycles. The second-order valence-corrected chi connectivity index (χ2v) is 3.69. The Morgan fingerprint density at radius 2 is 2.33 bits per heavy atom. The zero-order valence-corrected chi connectivity index (χ0v) is 10.0. The highest BCUT2D eigenvalue weighted by Gasteiger charge is 2.09. The Hall–Kier alpha value is -1.93. The van der Waals surface area contributed by atoms with Crippen molar-refractivity contribution in [3.05, 3.63) is 22.6 Å². The maximum absolute atomic E-state index is 11.4. The monoisotopic (exact) mass is 253 g/mol. The van der Waals surface area contributed by atoms with E-state index in [0.717, 1.165) is 0 Å². The number of anilines is 1. The van der Waals surface area contributed by atoms with Crippen molar-refractivity contribution in [2.75, 3.05) is 38.3 Å². The smallest absolute Gasteiger partial charge is 0.364 e. The zero-order valence-electron chi connectivity index (χ0n) is 10.0. The minimum absolute atomic E-state index is 0.00369. The fourth-order valence-electron chi connectivity index (χ4n) is 1.62. The molecule has 0 aliphatic heterocycles. The number of H-pyrrole nitrogens is 1. The van der Waals surface area contributed by atoms with Crippen LogP contribution in [0.25, 0.3) is 5.65 Å². The number of aliphatic hydroxyl groups excluding tert-OH is 1. The molecule has 0 amide bonds. The van der Waals surface area contributed by atoms with E-state index in [2.05, 4.69) is 15.3 Å². The van der Waals surface area contributed by atoms with E-state index in [-0.39, 0.29) is 12.3 Å². The summed E-state index contributed by atoms with van der Waals surface area (Å²) in [6.45, 7) is 1.53. The van der Waals surface area contributed by atoms with Gasteiger partial charge in [-0.2, -0.15) is 9.61 Å². The van der Waals surface area contributed by atoms with E-state index in [1.54, 1.807) is 19.2 Å². The van der Waals surface area contributed by atoms with Crippen LogP contribution in [0.2, 0.25) is 0 Å². The number of aromatic nitrogens is 4. The average molecular weight is 253 g/mol. The van der Waals surface area contributed by atoms with Crippen molar-refractivity contribution in [2.45, 2.75) is 0 Å². The number of methoxy groups -OCH3 is 1. The third kappa shape index (κ3) is 2.49. The first-order chi connectivity index (χ1) is 8.76. The van der Waals surface area contributed by atoms with Gasteiger partial charge in [-0.05, 0) is 12.1 Å². The molecule has 2 aromatic rings. The van der Waals surface area contributed by atoms with Gasteiger partial charge in [-0.25, -0.2) is 9.89 Å². The van der Waals surface area contributed by atoms with Gasteiger partial charge in [0.05, 0.1) is 13.2 Å². The molecule has 0 radical (unpaired) electrons. The van der Waals surface area contributed by atoms with Crippen LogP contribution >= 0.6 is 0 Å². The number of fused-ring (bicyclic) bond motifs is 1. The van der Waals surface area contributed by atoms with E-state index in [0.29, 0.717) is 31.2 Å². The summed E-state index contributed by atoms with van der Waals surface area (Å²) >= 11 is 0. The predicted molar refractivity (Wildman–Crippen MR) is 64.8 cm³/mol. The molecule has 0 bridgehead atoms. The van der Waals surface area contributed by atoms with Gasteiger partial charge in [0.25, 0.3) is 0 Å². The van der Waals surface area contributed by atoms with Gasteiger partial charge in [-0.3, -0.25) is 0 Å². The fraction of sp³-hybridized carbons (Fsp3) is 0.500. The zero-order chi connectivity index (χ0) is 13.0. The fourth-order valence-corrected chi connectivity index (χ4v) is 1.62. The molecule has 0 aromatic carbocycles. The van der Waals surface area contributed by atoms with Gasteiger partial charge in [-0.1, -0.05) is 0 Å². The molecule has 2 rings (SSSR count). The predicted octanol–water partition coefficient (Wildman–Crippen LogP) is -1.14.